The van der Waals surface area contributed by atoms with E-state index in [0.717, 1.165) is 59.8 Å². The number of halogens is 5. The van der Waals surface area contributed by atoms with Crippen LogP contribution in [0.5, 0.6) is 0 Å². The first kappa shape index (κ1) is 37.0. The molecule has 5 aromatic rings. The summed E-state index contributed by atoms with van der Waals surface area (Å²) in [6, 6.07) is 13.1. The van der Waals surface area contributed by atoms with Gasteiger partial charge in [0.1, 0.15) is 17.3 Å². The molecule has 0 saturated heterocycles. The van der Waals surface area contributed by atoms with Gasteiger partial charge >= 0.3 is 12.1 Å². The van der Waals surface area contributed by atoms with Gasteiger partial charge in [0.25, 0.3) is 11.5 Å². The lowest BCUT2D eigenvalue weighted by Crippen LogP contribution is -2.38. The second-order valence-corrected chi connectivity index (χ2v) is 12.4. The molecule has 0 aliphatic carbocycles. The second kappa shape index (κ2) is 15.8. The number of thiophene rings is 1. The molecule has 268 valence electrons. The number of hydrogen-bond donors (Lipinski definition) is 1. The number of carbonyl (C=O) groups is 2. The molecule has 0 fully saturated rings. The summed E-state index contributed by atoms with van der Waals surface area (Å²) >= 11 is 1.14. The zero-order valence-corrected chi connectivity index (χ0v) is 28.6. The summed E-state index contributed by atoms with van der Waals surface area (Å²) < 4.78 is 70.6. The molecule has 0 spiro atoms. The van der Waals surface area contributed by atoms with Crippen LogP contribution in [0.4, 0.5) is 27.9 Å². The van der Waals surface area contributed by atoms with Crippen LogP contribution in [0.3, 0.4) is 0 Å². The van der Waals surface area contributed by atoms with Crippen molar-refractivity contribution in [1.29, 1.82) is 0 Å². The Labute approximate surface area is 293 Å². The van der Waals surface area contributed by atoms with E-state index in [9.17, 15) is 27.6 Å². The topological polar surface area (TPSA) is 110 Å². The highest BCUT2D eigenvalue weighted by molar-refractivity contribution is 7.09. The molecule has 16 heteroatoms. The van der Waals surface area contributed by atoms with Crippen molar-refractivity contribution >= 4 is 40.2 Å². The third-order valence-corrected chi connectivity index (χ3v) is 8.87. The smallest absolute Gasteiger partial charge is 0.354 e. The summed E-state index contributed by atoms with van der Waals surface area (Å²) in [6.07, 6.45) is -4.68. The average Bonchev–Trinajstić information content (AvgIpc) is 3.61. The molecule has 0 radical (unpaired) electrons. The molecule has 1 N–H and O–H groups in total. The normalized spacial score (nSPS) is 11.6. The number of amides is 1. The quantitative estimate of drug-likeness (QED) is 0.0840. The van der Waals surface area contributed by atoms with E-state index in [1.54, 1.807) is 24.4 Å². The van der Waals surface area contributed by atoms with E-state index < -0.39 is 47.5 Å². The van der Waals surface area contributed by atoms with Crippen LogP contribution in [0.2, 0.25) is 0 Å². The molecule has 0 bridgehead atoms. The fourth-order valence-electron chi connectivity index (χ4n) is 5.36. The van der Waals surface area contributed by atoms with E-state index in [4.69, 9.17) is 0 Å². The largest absolute Gasteiger partial charge is 0.493 e. The van der Waals surface area contributed by atoms with Crippen LogP contribution in [0.1, 0.15) is 41.1 Å². The fourth-order valence-corrected chi connectivity index (χ4v) is 6.04. The minimum absolute atomic E-state index is 0.0164. The number of nitrogens with zero attached hydrogens (tertiary/aromatic N) is 5. The maximum Gasteiger partial charge on any atom is 0.493 e. The minimum atomic E-state index is -5.37. The Morgan fingerprint density at radius 3 is 2.35 bits per heavy atom. The number of anilines is 1. The first-order valence-corrected chi connectivity index (χ1v) is 16.8. The van der Waals surface area contributed by atoms with Gasteiger partial charge in [-0.1, -0.05) is 32.0 Å². The second-order valence-electron chi connectivity index (χ2n) is 11.3. The Kier molecular flexibility index (Phi) is 11.5. The summed E-state index contributed by atoms with van der Waals surface area (Å²) in [4.78, 5) is 55.2. The summed E-state index contributed by atoms with van der Waals surface area (Å²) in [7, 11) is 0. The molecule has 0 saturated carbocycles. The van der Waals surface area contributed by atoms with Gasteiger partial charge in [0.15, 0.2) is 5.65 Å². The fraction of sp³-hybridized carbons (Fsp3) is 0.286. The Bertz CT molecular complexity index is 2080. The van der Waals surface area contributed by atoms with Crippen LogP contribution in [0.15, 0.2) is 70.8 Å². The number of aryl methyl sites for hydroxylation is 1. The van der Waals surface area contributed by atoms with Crippen molar-refractivity contribution in [2.75, 3.05) is 31.5 Å². The van der Waals surface area contributed by atoms with Crippen LogP contribution in [0.25, 0.3) is 28.0 Å². The highest BCUT2D eigenvalue weighted by Crippen LogP contribution is 2.32. The van der Waals surface area contributed by atoms with Gasteiger partial charge < -0.3 is 15.1 Å². The zero-order valence-electron chi connectivity index (χ0n) is 27.8. The number of benzene rings is 2. The predicted octanol–water partition coefficient (Wildman–Crippen LogP) is 6.90. The van der Waals surface area contributed by atoms with Crippen molar-refractivity contribution in [3.8, 4) is 16.9 Å². The van der Waals surface area contributed by atoms with E-state index in [2.05, 4.69) is 25.0 Å². The van der Waals surface area contributed by atoms with Crippen molar-refractivity contribution in [2.24, 2.45) is 0 Å². The van der Waals surface area contributed by atoms with Gasteiger partial charge in [-0.25, -0.2) is 18.6 Å². The SMILES string of the molecule is CCN(CC)CCCNc1nc(-c2cc(C(=O)N(Cc3cccs3)OC(=O)C(F)(F)F)ccc2C)c2ccc(=O)n(-c3c(F)cccc3F)c2n1. The lowest BCUT2D eigenvalue weighted by molar-refractivity contribution is -0.230. The number of alkyl halides is 3. The highest BCUT2D eigenvalue weighted by atomic mass is 32.1. The molecule has 0 aliphatic heterocycles. The Hall–Kier alpha value is -5.22. The number of aromatic nitrogens is 3. The van der Waals surface area contributed by atoms with Crippen LogP contribution >= 0.6 is 11.3 Å². The van der Waals surface area contributed by atoms with Gasteiger partial charge in [0.2, 0.25) is 5.95 Å². The number of carbonyl (C=O) groups excluding carboxylic acids is 2. The van der Waals surface area contributed by atoms with Crippen LogP contribution in [-0.2, 0) is 16.2 Å². The molecular weight excluding hydrogens is 695 g/mol. The molecule has 0 atom stereocenters. The van der Waals surface area contributed by atoms with Crippen LogP contribution in [-0.4, -0.2) is 68.7 Å². The van der Waals surface area contributed by atoms with Crippen LogP contribution < -0.4 is 10.9 Å². The van der Waals surface area contributed by atoms with Gasteiger partial charge in [-0.2, -0.15) is 23.2 Å². The summed E-state index contributed by atoms with van der Waals surface area (Å²) in [5.41, 5.74) is -0.737. The number of nitrogens with one attached hydrogen (secondary N) is 1. The number of pyridine rings is 1. The number of para-hydroxylation sites is 1. The van der Waals surface area contributed by atoms with Crippen molar-refractivity contribution in [2.45, 2.75) is 39.9 Å². The lowest BCUT2D eigenvalue weighted by Gasteiger charge is -2.22. The molecular formula is C35H33F5N6O4S. The third kappa shape index (κ3) is 8.40. The monoisotopic (exact) mass is 728 g/mol. The van der Waals surface area contributed by atoms with E-state index in [0.29, 0.717) is 28.5 Å². The summed E-state index contributed by atoms with van der Waals surface area (Å²) in [5, 5.41) is 5.28. The number of hydroxylamine groups is 2. The molecule has 1 amide bonds. The number of fused-ring (bicyclic) bond motifs is 1. The zero-order chi connectivity index (χ0) is 36.9. The summed E-state index contributed by atoms with van der Waals surface area (Å²) in [6.45, 7) is 8.17. The van der Waals surface area contributed by atoms with Gasteiger partial charge in [-0.05, 0) is 80.3 Å². The van der Waals surface area contributed by atoms with Crippen molar-refractivity contribution in [3.05, 3.63) is 104 Å². The van der Waals surface area contributed by atoms with E-state index in [1.165, 1.54) is 24.3 Å². The molecule has 5 rings (SSSR count). The van der Waals surface area contributed by atoms with Crippen molar-refractivity contribution in [1.82, 2.24) is 24.5 Å². The van der Waals surface area contributed by atoms with Gasteiger partial charge in [0, 0.05) is 34.0 Å². The minimum Gasteiger partial charge on any atom is -0.354 e. The average molecular weight is 729 g/mol. The lowest BCUT2D eigenvalue weighted by atomic mass is 9.99. The van der Waals surface area contributed by atoms with Crippen molar-refractivity contribution in [3.63, 3.8) is 0 Å². The molecule has 3 heterocycles. The number of rotatable bonds is 12. The van der Waals surface area contributed by atoms with Gasteiger partial charge in [-0.15, -0.1) is 11.3 Å². The molecule has 2 aromatic carbocycles. The van der Waals surface area contributed by atoms with E-state index in [-0.39, 0.29) is 33.8 Å². The first-order chi connectivity index (χ1) is 24.3. The molecule has 10 nitrogen and oxygen atoms in total. The van der Waals surface area contributed by atoms with Gasteiger partial charge in [0.05, 0.1) is 12.2 Å². The Morgan fingerprint density at radius 1 is 0.980 bits per heavy atom. The molecule has 3 aromatic heterocycles. The van der Waals surface area contributed by atoms with E-state index in [1.807, 2.05) is 13.8 Å². The first-order valence-electron chi connectivity index (χ1n) is 15.9. The summed E-state index contributed by atoms with van der Waals surface area (Å²) in [5.74, 6) is -5.64. The molecule has 0 unspecified atom stereocenters. The highest BCUT2D eigenvalue weighted by Gasteiger charge is 2.43. The van der Waals surface area contributed by atoms with E-state index >= 15 is 8.78 Å². The van der Waals surface area contributed by atoms with Gasteiger partial charge in [-0.3, -0.25) is 14.2 Å². The Morgan fingerprint density at radius 2 is 1.71 bits per heavy atom. The number of hydrogen-bond acceptors (Lipinski definition) is 9. The predicted molar refractivity (Wildman–Crippen MR) is 182 cm³/mol. The molecule has 51 heavy (non-hydrogen) atoms. The third-order valence-electron chi connectivity index (χ3n) is 8.01. The molecule has 0 aliphatic rings. The van der Waals surface area contributed by atoms with Crippen molar-refractivity contribution < 1.29 is 36.4 Å². The maximum atomic E-state index is 15.1. The standard InChI is InChI=1S/C35H33F5N6O4S/c1-4-44(5-2)17-8-16-41-34-42-29(24-14-15-28(47)46(31(24)43-34)30-26(36)10-6-11-27(30)37)25-19-22(13-12-21(25)3)32(48)45(20-23-9-7-18-51-23)50-33(49)35(38,39)40/h6-7,9-15,18-19H,4-5,8,16-17,20H2,1-3H3,(H,41,42,43). The maximum absolute atomic E-state index is 15.1. The Balaban J connectivity index is 1.65. The van der Waals surface area contributed by atoms with Crippen LogP contribution in [0, 0.1) is 18.6 Å².